The molecule has 4 rings (SSSR count). The smallest absolute Gasteiger partial charge is 0.258 e. The van der Waals surface area contributed by atoms with Crippen molar-refractivity contribution in [1.82, 2.24) is 15.3 Å². The van der Waals surface area contributed by atoms with Crippen LogP contribution in [-0.2, 0) is 0 Å². The number of nitrogens with zero attached hydrogens (tertiary/aromatic N) is 4. The minimum Gasteiger partial charge on any atom is -0.480 e. The van der Waals surface area contributed by atoms with Crippen LogP contribution in [0.1, 0.15) is 28.9 Å². The lowest BCUT2D eigenvalue weighted by atomic mass is 10.1. The van der Waals surface area contributed by atoms with Crippen LogP contribution >= 0.6 is 0 Å². The van der Waals surface area contributed by atoms with E-state index in [1.807, 2.05) is 53.1 Å². The standard InChI is InChI=1S/C24H26FN5O2/c1-17(18-8-4-3-5-9-18)27-22(31)19-16-26-24(28-23(19)32-2)30-14-12-29(13-15-30)21-11-7-6-10-20(21)25/h3-11,16-17H,12-15H2,1-2H3,(H,27,31)/t17-/m0/s1. The number of piperazine rings is 1. The van der Waals surface area contributed by atoms with Gasteiger partial charge in [0.1, 0.15) is 11.4 Å². The predicted octanol–water partition coefficient (Wildman–Crippen LogP) is 3.44. The van der Waals surface area contributed by atoms with Crippen molar-refractivity contribution in [3.8, 4) is 5.88 Å². The summed E-state index contributed by atoms with van der Waals surface area (Å²) in [5.74, 6) is 0.195. The highest BCUT2D eigenvalue weighted by molar-refractivity contribution is 5.96. The molecule has 32 heavy (non-hydrogen) atoms. The summed E-state index contributed by atoms with van der Waals surface area (Å²) < 4.78 is 19.5. The number of halogens is 1. The second kappa shape index (κ2) is 9.64. The number of benzene rings is 2. The van der Waals surface area contributed by atoms with Crippen LogP contribution in [0.15, 0.2) is 60.8 Å². The molecule has 0 unspecified atom stereocenters. The lowest BCUT2D eigenvalue weighted by Gasteiger charge is -2.36. The Balaban J connectivity index is 1.43. The van der Waals surface area contributed by atoms with E-state index >= 15 is 0 Å². The number of hydrogen-bond acceptors (Lipinski definition) is 6. The minimum absolute atomic E-state index is 0.167. The van der Waals surface area contributed by atoms with Gasteiger partial charge in [-0.25, -0.2) is 9.37 Å². The molecule has 1 fully saturated rings. The lowest BCUT2D eigenvalue weighted by molar-refractivity contribution is 0.0935. The zero-order valence-corrected chi connectivity index (χ0v) is 18.2. The lowest BCUT2D eigenvalue weighted by Crippen LogP contribution is -2.47. The minimum atomic E-state index is -0.297. The number of para-hydroxylation sites is 1. The first-order valence-corrected chi connectivity index (χ1v) is 10.6. The molecule has 1 aromatic heterocycles. The van der Waals surface area contributed by atoms with Gasteiger partial charge in [-0.1, -0.05) is 42.5 Å². The van der Waals surface area contributed by atoms with Crippen LogP contribution in [0, 0.1) is 5.82 Å². The van der Waals surface area contributed by atoms with Crippen LogP contribution in [0.2, 0.25) is 0 Å². The van der Waals surface area contributed by atoms with Crippen LogP contribution in [0.4, 0.5) is 16.0 Å². The van der Waals surface area contributed by atoms with Crippen molar-refractivity contribution in [1.29, 1.82) is 0 Å². The zero-order valence-electron chi connectivity index (χ0n) is 18.2. The summed E-state index contributed by atoms with van der Waals surface area (Å²) in [6, 6.07) is 16.3. The van der Waals surface area contributed by atoms with Crippen molar-refractivity contribution in [3.05, 3.63) is 77.7 Å². The van der Waals surface area contributed by atoms with Gasteiger partial charge >= 0.3 is 0 Å². The van der Waals surface area contributed by atoms with E-state index in [2.05, 4.69) is 15.3 Å². The number of rotatable bonds is 6. The number of carbonyl (C=O) groups is 1. The highest BCUT2D eigenvalue weighted by Crippen LogP contribution is 2.24. The number of amides is 1. The Morgan fingerprint density at radius 1 is 1.03 bits per heavy atom. The number of ether oxygens (including phenoxy) is 1. The molecule has 1 aliphatic rings. The third-order valence-corrected chi connectivity index (χ3v) is 5.58. The molecule has 1 atom stereocenters. The fourth-order valence-corrected chi connectivity index (χ4v) is 3.78. The van der Waals surface area contributed by atoms with Gasteiger partial charge in [0, 0.05) is 32.4 Å². The number of anilines is 2. The number of carbonyl (C=O) groups excluding carboxylic acids is 1. The first-order valence-electron chi connectivity index (χ1n) is 10.6. The fourth-order valence-electron chi connectivity index (χ4n) is 3.78. The predicted molar refractivity (Wildman–Crippen MR) is 122 cm³/mol. The van der Waals surface area contributed by atoms with E-state index < -0.39 is 0 Å². The molecule has 0 bridgehead atoms. The summed E-state index contributed by atoms with van der Waals surface area (Å²) in [5.41, 5.74) is 1.89. The van der Waals surface area contributed by atoms with Crippen molar-refractivity contribution in [2.24, 2.45) is 0 Å². The second-order valence-electron chi connectivity index (χ2n) is 7.62. The van der Waals surface area contributed by atoms with Gasteiger partial charge in [0.15, 0.2) is 0 Å². The van der Waals surface area contributed by atoms with E-state index in [4.69, 9.17) is 4.74 Å². The van der Waals surface area contributed by atoms with Crippen molar-refractivity contribution < 1.29 is 13.9 Å². The summed E-state index contributed by atoms with van der Waals surface area (Å²) in [4.78, 5) is 25.7. The average Bonchev–Trinajstić information content (AvgIpc) is 2.84. The number of nitrogens with one attached hydrogen (secondary N) is 1. The Hall–Kier alpha value is -3.68. The molecule has 0 saturated carbocycles. The quantitative estimate of drug-likeness (QED) is 0.640. The van der Waals surface area contributed by atoms with Crippen molar-refractivity contribution in [3.63, 3.8) is 0 Å². The van der Waals surface area contributed by atoms with Gasteiger partial charge in [-0.3, -0.25) is 4.79 Å². The summed E-state index contributed by atoms with van der Waals surface area (Å²) in [6.45, 7) is 4.47. The van der Waals surface area contributed by atoms with Crippen LogP contribution in [0.5, 0.6) is 5.88 Å². The molecule has 1 aliphatic heterocycles. The van der Waals surface area contributed by atoms with Crippen molar-refractivity contribution in [2.45, 2.75) is 13.0 Å². The van der Waals surface area contributed by atoms with Gasteiger partial charge in [0.2, 0.25) is 11.8 Å². The van der Waals surface area contributed by atoms with Crippen LogP contribution < -0.4 is 19.9 Å². The highest BCUT2D eigenvalue weighted by atomic mass is 19.1. The topological polar surface area (TPSA) is 70.6 Å². The summed E-state index contributed by atoms with van der Waals surface area (Å²) in [5, 5.41) is 2.96. The monoisotopic (exact) mass is 435 g/mol. The summed E-state index contributed by atoms with van der Waals surface area (Å²) in [7, 11) is 1.49. The van der Waals surface area contributed by atoms with E-state index in [1.54, 1.807) is 12.1 Å². The maximum atomic E-state index is 14.1. The molecular formula is C24H26FN5O2. The van der Waals surface area contributed by atoms with Crippen LogP contribution in [-0.4, -0.2) is 49.2 Å². The first kappa shape index (κ1) is 21.5. The third-order valence-electron chi connectivity index (χ3n) is 5.58. The zero-order chi connectivity index (χ0) is 22.5. The van der Waals surface area contributed by atoms with E-state index in [-0.39, 0.29) is 29.2 Å². The molecule has 0 aliphatic carbocycles. The SMILES string of the molecule is COc1nc(N2CCN(c3ccccc3F)CC2)ncc1C(=O)N[C@@H](C)c1ccccc1. The van der Waals surface area contributed by atoms with E-state index in [9.17, 15) is 9.18 Å². The van der Waals surface area contributed by atoms with Gasteiger partial charge in [-0.05, 0) is 24.6 Å². The number of methoxy groups -OCH3 is 1. The summed E-state index contributed by atoms with van der Waals surface area (Å²) >= 11 is 0. The molecular weight excluding hydrogens is 409 g/mol. The molecule has 2 heterocycles. The maximum Gasteiger partial charge on any atom is 0.258 e. The normalized spacial score (nSPS) is 14.7. The van der Waals surface area contributed by atoms with E-state index in [0.717, 1.165) is 5.56 Å². The average molecular weight is 436 g/mol. The molecule has 1 saturated heterocycles. The van der Waals surface area contributed by atoms with Crippen LogP contribution in [0.25, 0.3) is 0 Å². The molecule has 3 aromatic rings. The number of hydrogen-bond donors (Lipinski definition) is 1. The Morgan fingerprint density at radius 3 is 2.38 bits per heavy atom. The third kappa shape index (κ3) is 4.64. The molecule has 1 N–H and O–H groups in total. The maximum absolute atomic E-state index is 14.1. The Morgan fingerprint density at radius 2 is 1.69 bits per heavy atom. The Labute approximate surface area is 186 Å². The van der Waals surface area contributed by atoms with Crippen LogP contribution in [0.3, 0.4) is 0 Å². The molecule has 7 nitrogen and oxygen atoms in total. The first-order chi connectivity index (χ1) is 15.6. The molecule has 1 amide bonds. The Kier molecular flexibility index (Phi) is 6.49. The van der Waals surface area contributed by atoms with Gasteiger partial charge in [0.05, 0.1) is 18.8 Å². The Bertz CT molecular complexity index is 1070. The van der Waals surface area contributed by atoms with Gasteiger partial charge in [-0.15, -0.1) is 0 Å². The van der Waals surface area contributed by atoms with E-state index in [1.165, 1.54) is 19.4 Å². The second-order valence-corrected chi connectivity index (χ2v) is 7.62. The molecule has 2 aromatic carbocycles. The summed E-state index contributed by atoms with van der Waals surface area (Å²) in [6.07, 6.45) is 1.50. The highest BCUT2D eigenvalue weighted by Gasteiger charge is 2.24. The molecule has 0 radical (unpaired) electrons. The number of aromatic nitrogens is 2. The molecule has 166 valence electrons. The van der Waals surface area contributed by atoms with Gasteiger partial charge in [-0.2, -0.15) is 4.98 Å². The van der Waals surface area contributed by atoms with Gasteiger partial charge in [0.25, 0.3) is 5.91 Å². The largest absolute Gasteiger partial charge is 0.480 e. The fraction of sp³-hybridized carbons (Fsp3) is 0.292. The van der Waals surface area contributed by atoms with Crippen molar-refractivity contribution >= 4 is 17.5 Å². The molecule has 8 heteroatoms. The molecule has 0 spiro atoms. The van der Waals surface area contributed by atoms with Gasteiger partial charge < -0.3 is 19.9 Å². The van der Waals surface area contributed by atoms with Crippen molar-refractivity contribution in [2.75, 3.05) is 43.1 Å². The van der Waals surface area contributed by atoms with E-state index in [0.29, 0.717) is 37.8 Å².